The summed E-state index contributed by atoms with van der Waals surface area (Å²) in [6, 6.07) is 0. The molecule has 0 atom stereocenters. The quantitative estimate of drug-likeness (QED) is 0.946. The number of carbonyl (C=O) groups is 1. The van der Waals surface area contributed by atoms with E-state index in [1.807, 2.05) is 0 Å². The Balaban J connectivity index is 2.02. The Bertz CT molecular complexity index is 673. The fourth-order valence-corrected chi connectivity index (χ4v) is 2.50. The van der Waals surface area contributed by atoms with Crippen molar-refractivity contribution in [2.75, 3.05) is 0 Å². The molecule has 2 aromatic rings. The summed E-state index contributed by atoms with van der Waals surface area (Å²) < 4.78 is 43.5. The Morgan fingerprint density at radius 1 is 1.40 bits per heavy atom. The topological polar surface area (TPSA) is 68.0 Å². The highest BCUT2D eigenvalue weighted by Crippen LogP contribution is 2.39. The van der Waals surface area contributed by atoms with Crippen molar-refractivity contribution < 1.29 is 23.1 Å². The van der Waals surface area contributed by atoms with Crippen LogP contribution in [0.2, 0.25) is 0 Å². The summed E-state index contributed by atoms with van der Waals surface area (Å²) in [4.78, 5) is 15.0. The third kappa shape index (κ3) is 2.28. The number of aromatic carboxylic acids is 1. The number of alkyl halides is 3. The predicted octanol–water partition coefficient (Wildman–Crippen LogP) is 2.92. The van der Waals surface area contributed by atoms with Crippen LogP contribution in [0.4, 0.5) is 13.2 Å². The standard InChI is InChI=1S/C11H8F3N3O2S/c12-11(13,14)7-4-17(3-6(7)9(18)19)10-15-8(16-20-10)5-1-2-5/h3-5H,1-2H2,(H,18,19). The molecule has 2 heterocycles. The van der Waals surface area contributed by atoms with E-state index in [0.29, 0.717) is 5.82 Å². The number of aromatic nitrogens is 3. The second-order valence-electron chi connectivity index (χ2n) is 4.51. The minimum Gasteiger partial charge on any atom is -0.478 e. The van der Waals surface area contributed by atoms with Crippen molar-refractivity contribution in [2.45, 2.75) is 24.9 Å². The van der Waals surface area contributed by atoms with E-state index >= 15 is 0 Å². The fourth-order valence-electron chi connectivity index (χ4n) is 1.80. The van der Waals surface area contributed by atoms with Crippen molar-refractivity contribution in [3.63, 3.8) is 0 Å². The molecule has 1 aliphatic carbocycles. The molecule has 1 N–H and O–H groups in total. The normalized spacial score (nSPS) is 15.6. The van der Waals surface area contributed by atoms with Crippen LogP contribution in [0.25, 0.3) is 5.13 Å². The van der Waals surface area contributed by atoms with E-state index in [2.05, 4.69) is 9.36 Å². The smallest absolute Gasteiger partial charge is 0.418 e. The first kappa shape index (κ1) is 13.1. The van der Waals surface area contributed by atoms with E-state index < -0.39 is 23.3 Å². The van der Waals surface area contributed by atoms with Crippen molar-refractivity contribution in [1.29, 1.82) is 0 Å². The van der Waals surface area contributed by atoms with Gasteiger partial charge in [-0.3, -0.25) is 4.57 Å². The minimum atomic E-state index is -4.72. The summed E-state index contributed by atoms with van der Waals surface area (Å²) in [6.07, 6.45) is -1.10. The molecular formula is C11H8F3N3O2S. The summed E-state index contributed by atoms with van der Waals surface area (Å²) in [6.45, 7) is 0. The molecule has 1 fully saturated rings. The van der Waals surface area contributed by atoms with Crippen LogP contribution in [-0.2, 0) is 6.18 Å². The predicted molar refractivity (Wildman–Crippen MR) is 63.2 cm³/mol. The Morgan fingerprint density at radius 3 is 2.60 bits per heavy atom. The van der Waals surface area contributed by atoms with Gasteiger partial charge < -0.3 is 5.11 Å². The first-order chi connectivity index (χ1) is 9.36. The molecular weight excluding hydrogens is 295 g/mol. The molecule has 0 saturated heterocycles. The van der Waals surface area contributed by atoms with Crippen LogP contribution >= 0.6 is 11.5 Å². The van der Waals surface area contributed by atoms with Crippen LogP contribution in [0, 0.1) is 0 Å². The van der Waals surface area contributed by atoms with Crippen LogP contribution in [-0.4, -0.2) is 25.0 Å². The maximum absolute atomic E-state index is 12.8. The average molecular weight is 303 g/mol. The number of rotatable bonds is 3. The van der Waals surface area contributed by atoms with Crippen LogP contribution < -0.4 is 0 Å². The van der Waals surface area contributed by atoms with Gasteiger partial charge in [-0.05, 0) is 12.8 Å². The molecule has 1 saturated carbocycles. The van der Waals surface area contributed by atoms with Gasteiger partial charge in [0.1, 0.15) is 5.82 Å². The first-order valence-electron chi connectivity index (χ1n) is 5.72. The maximum Gasteiger partial charge on any atom is 0.418 e. The van der Waals surface area contributed by atoms with Crippen LogP contribution in [0.1, 0.15) is 40.5 Å². The van der Waals surface area contributed by atoms with Crippen LogP contribution in [0.15, 0.2) is 12.4 Å². The van der Waals surface area contributed by atoms with E-state index in [-0.39, 0.29) is 11.0 Å². The zero-order valence-electron chi connectivity index (χ0n) is 9.89. The summed E-state index contributed by atoms with van der Waals surface area (Å²) >= 11 is 0.957. The zero-order valence-corrected chi connectivity index (χ0v) is 10.7. The number of hydrogen-bond donors (Lipinski definition) is 1. The first-order valence-corrected chi connectivity index (χ1v) is 6.50. The van der Waals surface area contributed by atoms with Crippen LogP contribution in [0.5, 0.6) is 0 Å². The largest absolute Gasteiger partial charge is 0.478 e. The molecule has 0 aliphatic heterocycles. The number of carboxylic acid groups (broad SMARTS) is 1. The molecule has 106 valence electrons. The highest BCUT2D eigenvalue weighted by Gasteiger charge is 2.37. The van der Waals surface area contributed by atoms with Gasteiger partial charge in [0.15, 0.2) is 0 Å². The lowest BCUT2D eigenvalue weighted by atomic mass is 10.2. The van der Waals surface area contributed by atoms with Gasteiger partial charge in [0.2, 0.25) is 5.13 Å². The van der Waals surface area contributed by atoms with E-state index in [4.69, 9.17) is 5.11 Å². The van der Waals surface area contributed by atoms with Crippen molar-refractivity contribution in [3.05, 3.63) is 29.3 Å². The monoisotopic (exact) mass is 303 g/mol. The van der Waals surface area contributed by atoms with Gasteiger partial charge in [-0.15, -0.1) is 0 Å². The third-order valence-corrected chi connectivity index (χ3v) is 3.70. The van der Waals surface area contributed by atoms with Gasteiger partial charge in [-0.25, -0.2) is 9.78 Å². The van der Waals surface area contributed by atoms with Crippen molar-refractivity contribution >= 4 is 17.5 Å². The molecule has 2 aromatic heterocycles. The minimum absolute atomic E-state index is 0.241. The van der Waals surface area contributed by atoms with Gasteiger partial charge >= 0.3 is 12.1 Å². The van der Waals surface area contributed by atoms with Crippen molar-refractivity contribution in [1.82, 2.24) is 13.9 Å². The SMILES string of the molecule is O=C(O)c1cn(-c2nc(C3CC3)ns2)cc1C(F)(F)F. The maximum atomic E-state index is 12.8. The molecule has 0 unspecified atom stereocenters. The molecule has 0 radical (unpaired) electrons. The summed E-state index contributed by atoms with van der Waals surface area (Å²) in [5.74, 6) is -0.719. The lowest BCUT2D eigenvalue weighted by Gasteiger charge is -2.03. The van der Waals surface area contributed by atoms with Crippen molar-refractivity contribution in [3.8, 4) is 5.13 Å². The molecule has 20 heavy (non-hydrogen) atoms. The number of hydrogen-bond acceptors (Lipinski definition) is 4. The summed E-state index contributed by atoms with van der Waals surface area (Å²) in [5.41, 5.74) is -1.98. The Morgan fingerprint density at radius 2 is 2.10 bits per heavy atom. The molecule has 9 heteroatoms. The van der Waals surface area contributed by atoms with Gasteiger partial charge in [0, 0.05) is 29.8 Å². The summed E-state index contributed by atoms with van der Waals surface area (Å²) in [7, 11) is 0. The second kappa shape index (κ2) is 4.30. The van der Waals surface area contributed by atoms with Crippen molar-refractivity contribution in [2.24, 2.45) is 0 Å². The molecule has 3 rings (SSSR count). The highest BCUT2D eigenvalue weighted by molar-refractivity contribution is 7.08. The highest BCUT2D eigenvalue weighted by atomic mass is 32.1. The Labute approximate surface area is 114 Å². The average Bonchev–Trinajstić information content (AvgIpc) is 2.92. The summed E-state index contributed by atoms with van der Waals surface area (Å²) in [5, 5.41) is 9.09. The van der Waals surface area contributed by atoms with Crippen LogP contribution in [0.3, 0.4) is 0 Å². The number of halogens is 3. The number of nitrogens with zero attached hydrogens (tertiary/aromatic N) is 3. The lowest BCUT2D eigenvalue weighted by molar-refractivity contribution is -0.138. The molecule has 0 amide bonds. The fraction of sp³-hybridized carbons (Fsp3) is 0.364. The zero-order chi connectivity index (χ0) is 14.5. The Hall–Kier alpha value is -1.90. The second-order valence-corrected chi connectivity index (χ2v) is 5.24. The van der Waals surface area contributed by atoms with E-state index in [1.165, 1.54) is 0 Å². The Kier molecular flexibility index (Phi) is 2.82. The lowest BCUT2D eigenvalue weighted by Crippen LogP contribution is -2.09. The number of carboxylic acids is 1. The van der Waals surface area contributed by atoms with Gasteiger partial charge in [-0.1, -0.05) is 0 Å². The molecule has 1 aliphatic rings. The molecule has 0 bridgehead atoms. The molecule has 0 aromatic carbocycles. The van der Waals surface area contributed by atoms with E-state index in [1.54, 1.807) is 0 Å². The molecule has 5 nitrogen and oxygen atoms in total. The van der Waals surface area contributed by atoms with E-state index in [0.717, 1.165) is 41.3 Å². The van der Waals surface area contributed by atoms with Gasteiger partial charge in [0.25, 0.3) is 0 Å². The van der Waals surface area contributed by atoms with Gasteiger partial charge in [0.05, 0.1) is 11.1 Å². The third-order valence-electron chi connectivity index (χ3n) is 2.96. The van der Waals surface area contributed by atoms with Gasteiger partial charge in [-0.2, -0.15) is 17.5 Å². The van der Waals surface area contributed by atoms with E-state index in [9.17, 15) is 18.0 Å². The molecule has 0 spiro atoms.